The largest absolute Gasteiger partial charge is 0.460 e. The fourth-order valence-corrected chi connectivity index (χ4v) is 1.10. The number of nitrogens with zero attached hydrogens (tertiary/aromatic N) is 1. The van der Waals surface area contributed by atoms with Crippen molar-refractivity contribution in [3.8, 4) is 0 Å². The number of alkyl halides is 1. The van der Waals surface area contributed by atoms with E-state index in [-0.39, 0.29) is 0 Å². The van der Waals surface area contributed by atoms with Crippen LogP contribution in [0.3, 0.4) is 0 Å². The molecule has 0 atom stereocenters. The quantitative estimate of drug-likeness (QED) is 0.348. The van der Waals surface area contributed by atoms with Gasteiger partial charge in [-0.05, 0) is 5.56 Å². The summed E-state index contributed by atoms with van der Waals surface area (Å²) in [6.07, 6.45) is 1.02. The van der Waals surface area contributed by atoms with E-state index < -0.39 is 5.97 Å². The minimum Gasteiger partial charge on any atom is -0.460 e. The molecule has 0 amide bonds. The standard InChI is InChI=1S/C11H12BrNO3/c12-6-7-15-11(14)8-13-16-9-10-4-2-1-3-5-10/h1-5,8H,6-7,9H2/b13-8+. The maximum absolute atomic E-state index is 10.9. The SMILES string of the molecule is O=C(/C=N/OCc1ccccc1)OCCBr. The molecule has 0 aliphatic carbocycles. The first-order valence-electron chi connectivity index (χ1n) is 4.75. The minimum atomic E-state index is -0.507. The predicted octanol–water partition coefficient (Wildman–Crippen LogP) is 2.13. The molecule has 86 valence electrons. The Morgan fingerprint density at radius 3 is 2.81 bits per heavy atom. The number of carbonyl (C=O) groups is 1. The first kappa shape index (κ1) is 12.7. The minimum absolute atomic E-state index is 0.323. The molecular formula is C11H12BrNO3. The van der Waals surface area contributed by atoms with Crippen LogP contribution in [0.25, 0.3) is 0 Å². The van der Waals surface area contributed by atoms with Crippen molar-refractivity contribution in [3.05, 3.63) is 35.9 Å². The second-order valence-electron chi connectivity index (χ2n) is 2.85. The number of hydrogen-bond acceptors (Lipinski definition) is 4. The summed E-state index contributed by atoms with van der Waals surface area (Å²) >= 11 is 3.14. The van der Waals surface area contributed by atoms with Gasteiger partial charge in [0.05, 0.1) is 0 Å². The molecule has 0 aliphatic heterocycles. The van der Waals surface area contributed by atoms with Gasteiger partial charge in [0.15, 0.2) is 6.21 Å². The Labute approximate surface area is 102 Å². The lowest BCUT2D eigenvalue weighted by atomic mass is 10.2. The Kier molecular flexibility index (Phi) is 6.25. The van der Waals surface area contributed by atoms with Gasteiger partial charge < -0.3 is 9.57 Å². The van der Waals surface area contributed by atoms with E-state index in [1.165, 1.54) is 0 Å². The molecule has 0 radical (unpaired) electrons. The van der Waals surface area contributed by atoms with E-state index in [0.29, 0.717) is 18.5 Å². The summed E-state index contributed by atoms with van der Waals surface area (Å²) in [5.41, 5.74) is 0.994. The number of oxime groups is 1. The molecule has 0 aromatic heterocycles. The maximum Gasteiger partial charge on any atom is 0.352 e. The lowest BCUT2D eigenvalue weighted by Crippen LogP contribution is -2.07. The Morgan fingerprint density at radius 2 is 2.12 bits per heavy atom. The van der Waals surface area contributed by atoms with Crippen LogP contribution in [0.1, 0.15) is 5.56 Å². The van der Waals surface area contributed by atoms with Crippen molar-refractivity contribution in [3.63, 3.8) is 0 Å². The second kappa shape index (κ2) is 7.87. The van der Waals surface area contributed by atoms with E-state index in [9.17, 15) is 4.79 Å². The van der Waals surface area contributed by atoms with E-state index in [0.717, 1.165) is 11.8 Å². The third-order valence-electron chi connectivity index (χ3n) is 1.63. The Balaban J connectivity index is 2.20. The smallest absolute Gasteiger partial charge is 0.352 e. The number of hydrogen-bond donors (Lipinski definition) is 0. The van der Waals surface area contributed by atoms with Crippen LogP contribution in [-0.4, -0.2) is 24.1 Å². The highest BCUT2D eigenvalue weighted by molar-refractivity contribution is 9.09. The molecule has 0 N–H and O–H groups in total. The Morgan fingerprint density at radius 1 is 1.38 bits per heavy atom. The molecular weight excluding hydrogens is 274 g/mol. The van der Waals surface area contributed by atoms with E-state index in [1.807, 2.05) is 30.3 Å². The van der Waals surface area contributed by atoms with Crippen LogP contribution in [0.2, 0.25) is 0 Å². The van der Waals surface area contributed by atoms with Crippen LogP contribution in [-0.2, 0) is 21.0 Å². The zero-order valence-electron chi connectivity index (χ0n) is 8.64. The van der Waals surface area contributed by atoms with Gasteiger partial charge in [0, 0.05) is 5.33 Å². The highest BCUT2D eigenvalue weighted by Crippen LogP contribution is 1.99. The third kappa shape index (κ3) is 5.50. The monoisotopic (exact) mass is 285 g/mol. The Bertz CT molecular complexity index is 340. The number of ether oxygens (including phenoxy) is 1. The van der Waals surface area contributed by atoms with Gasteiger partial charge in [0.25, 0.3) is 0 Å². The first-order valence-corrected chi connectivity index (χ1v) is 5.87. The van der Waals surface area contributed by atoms with E-state index in [4.69, 9.17) is 9.57 Å². The van der Waals surface area contributed by atoms with Gasteiger partial charge in [-0.15, -0.1) is 0 Å². The molecule has 0 spiro atoms. The lowest BCUT2D eigenvalue weighted by Gasteiger charge is -1.99. The van der Waals surface area contributed by atoms with Crippen molar-refractivity contribution in [2.24, 2.45) is 5.16 Å². The van der Waals surface area contributed by atoms with Gasteiger partial charge in [0.1, 0.15) is 13.2 Å². The second-order valence-corrected chi connectivity index (χ2v) is 3.64. The highest BCUT2D eigenvalue weighted by Gasteiger charge is 1.96. The van der Waals surface area contributed by atoms with Gasteiger partial charge in [-0.2, -0.15) is 0 Å². The summed E-state index contributed by atoms with van der Waals surface area (Å²) in [5, 5.41) is 4.11. The fourth-order valence-electron chi connectivity index (χ4n) is 0.943. The van der Waals surface area contributed by atoms with Crippen molar-refractivity contribution >= 4 is 28.1 Å². The molecule has 16 heavy (non-hydrogen) atoms. The van der Waals surface area contributed by atoms with Gasteiger partial charge in [-0.3, -0.25) is 0 Å². The van der Waals surface area contributed by atoms with Crippen LogP contribution in [0.4, 0.5) is 0 Å². The molecule has 0 saturated heterocycles. The molecule has 0 bridgehead atoms. The van der Waals surface area contributed by atoms with E-state index in [2.05, 4.69) is 21.1 Å². The number of halogens is 1. The average molecular weight is 286 g/mol. The molecule has 0 fully saturated rings. The van der Waals surface area contributed by atoms with Crippen LogP contribution in [0.15, 0.2) is 35.5 Å². The molecule has 0 heterocycles. The van der Waals surface area contributed by atoms with Crippen LogP contribution in [0.5, 0.6) is 0 Å². The zero-order chi connectivity index (χ0) is 11.6. The van der Waals surface area contributed by atoms with E-state index in [1.54, 1.807) is 0 Å². The van der Waals surface area contributed by atoms with Crippen molar-refractivity contribution in [1.29, 1.82) is 0 Å². The number of esters is 1. The van der Waals surface area contributed by atoms with Gasteiger partial charge in [-0.25, -0.2) is 4.79 Å². The van der Waals surface area contributed by atoms with Crippen LogP contribution >= 0.6 is 15.9 Å². The molecule has 1 rings (SSSR count). The van der Waals surface area contributed by atoms with Gasteiger partial charge in [0.2, 0.25) is 0 Å². The fraction of sp³-hybridized carbons (Fsp3) is 0.273. The number of carbonyl (C=O) groups excluding carboxylic acids is 1. The predicted molar refractivity (Wildman–Crippen MR) is 64.5 cm³/mol. The van der Waals surface area contributed by atoms with Gasteiger partial charge in [-0.1, -0.05) is 51.4 Å². The highest BCUT2D eigenvalue weighted by atomic mass is 79.9. The normalized spacial score (nSPS) is 10.3. The summed E-state index contributed by atoms with van der Waals surface area (Å²) in [4.78, 5) is 15.9. The lowest BCUT2D eigenvalue weighted by molar-refractivity contribution is -0.134. The van der Waals surface area contributed by atoms with Crippen molar-refractivity contribution < 1.29 is 14.4 Å². The number of rotatable bonds is 6. The molecule has 0 aliphatic rings. The molecule has 4 nitrogen and oxygen atoms in total. The molecule has 5 heteroatoms. The topological polar surface area (TPSA) is 47.9 Å². The summed E-state index contributed by atoms with van der Waals surface area (Å²) in [6.45, 7) is 0.659. The van der Waals surface area contributed by atoms with Crippen LogP contribution < -0.4 is 0 Å². The summed E-state index contributed by atoms with van der Waals surface area (Å²) < 4.78 is 4.73. The number of benzene rings is 1. The third-order valence-corrected chi connectivity index (χ3v) is 1.95. The molecule has 0 saturated carbocycles. The van der Waals surface area contributed by atoms with Crippen LogP contribution in [0, 0.1) is 0 Å². The van der Waals surface area contributed by atoms with Crippen molar-refractivity contribution in [1.82, 2.24) is 0 Å². The summed E-state index contributed by atoms with van der Waals surface area (Å²) in [6, 6.07) is 9.57. The van der Waals surface area contributed by atoms with Crippen molar-refractivity contribution in [2.45, 2.75) is 6.61 Å². The molecule has 0 unspecified atom stereocenters. The summed E-state index contributed by atoms with van der Waals surface area (Å²) in [7, 11) is 0. The molecule has 1 aromatic rings. The van der Waals surface area contributed by atoms with Crippen molar-refractivity contribution in [2.75, 3.05) is 11.9 Å². The average Bonchev–Trinajstić information content (AvgIpc) is 2.33. The zero-order valence-corrected chi connectivity index (χ0v) is 10.2. The molecule has 1 aromatic carbocycles. The Hall–Kier alpha value is -1.36. The van der Waals surface area contributed by atoms with Gasteiger partial charge >= 0.3 is 5.97 Å². The summed E-state index contributed by atoms with van der Waals surface area (Å²) in [5.74, 6) is -0.507. The maximum atomic E-state index is 10.9. The van der Waals surface area contributed by atoms with E-state index >= 15 is 0 Å². The first-order chi connectivity index (χ1) is 7.83.